The highest BCUT2D eigenvalue weighted by Gasteiger charge is 2.16. The predicted molar refractivity (Wildman–Crippen MR) is 118 cm³/mol. The zero-order chi connectivity index (χ0) is 19.9. The molecule has 2 N–H and O–H groups in total. The Morgan fingerprint density at radius 1 is 0.931 bits per heavy atom. The number of benzene rings is 2. The fraction of sp³-hybridized carbons (Fsp3) is 0.200. The largest absolute Gasteiger partial charge is 0.378 e. The molecule has 0 spiro atoms. The van der Waals surface area contributed by atoms with Crippen molar-refractivity contribution >= 4 is 45.7 Å². The Kier molecular flexibility index (Phi) is 6.28. The molecule has 0 atom stereocenters. The maximum absolute atomic E-state index is 5.43. The highest BCUT2D eigenvalue weighted by atomic mass is 79.9. The molecule has 0 saturated carbocycles. The van der Waals surface area contributed by atoms with Crippen LogP contribution in [0.4, 0.5) is 23.5 Å². The molecular weight excluding hydrogens is 434 g/mol. The van der Waals surface area contributed by atoms with Crippen LogP contribution >= 0.6 is 15.9 Å². The minimum absolute atomic E-state index is 0.364. The van der Waals surface area contributed by atoms with E-state index in [2.05, 4.69) is 51.6 Å². The number of rotatable bonds is 6. The van der Waals surface area contributed by atoms with E-state index in [4.69, 9.17) is 4.74 Å². The quantitative estimate of drug-likeness (QED) is 0.434. The molecule has 0 bridgehead atoms. The summed E-state index contributed by atoms with van der Waals surface area (Å²) in [7, 11) is 0. The number of hydrogen-bond acceptors (Lipinski definition) is 8. The number of morpholine rings is 1. The second kappa shape index (κ2) is 9.44. The lowest BCUT2D eigenvalue weighted by Crippen LogP contribution is -2.37. The van der Waals surface area contributed by atoms with Gasteiger partial charge in [-0.2, -0.15) is 20.1 Å². The van der Waals surface area contributed by atoms with E-state index in [9.17, 15) is 0 Å². The number of aromatic nitrogens is 3. The molecule has 1 aliphatic rings. The Labute approximate surface area is 177 Å². The number of halogens is 1. The molecule has 3 aromatic rings. The number of ether oxygens (including phenoxy) is 1. The Morgan fingerprint density at radius 3 is 2.45 bits per heavy atom. The smallest absolute Gasteiger partial charge is 0.250 e. The van der Waals surface area contributed by atoms with Crippen molar-refractivity contribution < 1.29 is 4.74 Å². The van der Waals surface area contributed by atoms with Crippen molar-refractivity contribution in [2.75, 3.05) is 41.9 Å². The summed E-state index contributed by atoms with van der Waals surface area (Å²) in [5, 5.41) is 7.50. The van der Waals surface area contributed by atoms with Gasteiger partial charge in [0.15, 0.2) is 0 Å². The van der Waals surface area contributed by atoms with Gasteiger partial charge in [-0.1, -0.05) is 52.3 Å². The van der Waals surface area contributed by atoms with Crippen LogP contribution < -0.4 is 15.6 Å². The van der Waals surface area contributed by atoms with Gasteiger partial charge in [0.1, 0.15) is 0 Å². The average Bonchev–Trinajstić information content (AvgIpc) is 2.76. The van der Waals surface area contributed by atoms with Crippen LogP contribution in [0.1, 0.15) is 5.56 Å². The average molecular weight is 454 g/mol. The fourth-order valence-corrected chi connectivity index (χ4v) is 3.15. The van der Waals surface area contributed by atoms with Gasteiger partial charge in [-0.05, 0) is 18.2 Å². The SMILES string of the molecule is Brc1ccccc1C=NNc1nc(Nc2ccccc2)nc(N2CCOCC2)n1. The Hall–Kier alpha value is -3.04. The lowest BCUT2D eigenvalue weighted by molar-refractivity contribution is 0.122. The minimum Gasteiger partial charge on any atom is -0.378 e. The number of hydrazone groups is 1. The molecule has 29 heavy (non-hydrogen) atoms. The van der Waals surface area contributed by atoms with Gasteiger partial charge in [-0.3, -0.25) is 0 Å². The summed E-state index contributed by atoms with van der Waals surface area (Å²) in [4.78, 5) is 15.6. The second-order valence-corrected chi connectivity index (χ2v) is 7.12. The van der Waals surface area contributed by atoms with Gasteiger partial charge in [0.25, 0.3) is 0 Å². The molecule has 1 aromatic heterocycles. The summed E-state index contributed by atoms with van der Waals surface area (Å²) in [6.07, 6.45) is 1.71. The van der Waals surface area contributed by atoms with Gasteiger partial charge in [-0.25, -0.2) is 5.43 Å². The zero-order valence-electron chi connectivity index (χ0n) is 15.6. The molecule has 1 fully saturated rings. The van der Waals surface area contributed by atoms with Gasteiger partial charge < -0.3 is 15.0 Å². The van der Waals surface area contributed by atoms with Crippen molar-refractivity contribution in [2.45, 2.75) is 0 Å². The highest BCUT2D eigenvalue weighted by Crippen LogP contribution is 2.19. The van der Waals surface area contributed by atoms with Crippen LogP contribution in [0, 0.1) is 0 Å². The molecule has 2 aromatic carbocycles. The van der Waals surface area contributed by atoms with E-state index in [-0.39, 0.29) is 0 Å². The molecule has 1 saturated heterocycles. The molecule has 8 nitrogen and oxygen atoms in total. The van der Waals surface area contributed by atoms with Crippen molar-refractivity contribution in [3.8, 4) is 0 Å². The van der Waals surface area contributed by atoms with E-state index in [1.165, 1.54) is 0 Å². The molecule has 0 amide bonds. The first-order valence-corrected chi connectivity index (χ1v) is 10.0. The Morgan fingerprint density at radius 2 is 1.66 bits per heavy atom. The normalized spacial score (nSPS) is 14.2. The van der Waals surface area contributed by atoms with Crippen LogP contribution in [0.15, 0.2) is 64.2 Å². The van der Waals surface area contributed by atoms with Crippen molar-refractivity contribution in [1.82, 2.24) is 15.0 Å². The predicted octanol–water partition coefficient (Wildman–Crippen LogP) is 3.66. The summed E-state index contributed by atoms with van der Waals surface area (Å²) >= 11 is 3.51. The van der Waals surface area contributed by atoms with E-state index in [1.807, 2.05) is 54.6 Å². The second-order valence-electron chi connectivity index (χ2n) is 6.26. The Bertz CT molecular complexity index is 978. The van der Waals surface area contributed by atoms with Crippen LogP contribution in [0.3, 0.4) is 0 Å². The van der Waals surface area contributed by atoms with E-state index in [0.29, 0.717) is 31.1 Å². The number of nitrogens with zero attached hydrogens (tertiary/aromatic N) is 5. The third-order valence-corrected chi connectivity index (χ3v) is 4.94. The summed E-state index contributed by atoms with van der Waals surface area (Å²) in [5.41, 5.74) is 4.76. The fourth-order valence-electron chi connectivity index (χ4n) is 2.77. The lowest BCUT2D eigenvalue weighted by Gasteiger charge is -2.27. The first kappa shape index (κ1) is 19.3. The van der Waals surface area contributed by atoms with E-state index in [0.717, 1.165) is 28.8 Å². The standard InChI is InChI=1S/C20H20BrN7O/c21-17-9-5-4-6-15(17)14-22-27-19-24-18(23-16-7-2-1-3-8-16)25-20(26-19)28-10-12-29-13-11-28/h1-9,14H,10-13H2,(H2,23,24,25,26,27). The van der Waals surface area contributed by atoms with Crippen molar-refractivity contribution in [2.24, 2.45) is 5.10 Å². The molecule has 2 heterocycles. The molecule has 0 aliphatic carbocycles. The van der Waals surface area contributed by atoms with Gasteiger partial charge in [0, 0.05) is 28.8 Å². The third kappa shape index (κ3) is 5.27. The number of para-hydroxylation sites is 1. The van der Waals surface area contributed by atoms with Crippen LogP contribution in [-0.4, -0.2) is 47.5 Å². The first-order chi connectivity index (χ1) is 14.3. The monoisotopic (exact) mass is 453 g/mol. The van der Waals surface area contributed by atoms with Crippen molar-refractivity contribution in [1.29, 1.82) is 0 Å². The third-order valence-electron chi connectivity index (χ3n) is 4.22. The van der Waals surface area contributed by atoms with Crippen molar-refractivity contribution in [3.63, 3.8) is 0 Å². The van der Waals surface area contributed by atoms with Crippen LogP contribution in [-0.2, 0) is 4.74 Å². The number of hydrogen-bond donors (Lipinski definition) is 2. The van der Waals surface area contributed by atoms with E-state index >= 15 is 0 Å². The van der Waals surface area contributed by atoms with Crippen molar-refractivity contribution in [3.05, 3.63) is 64.6 Å². The van der Waals surface area contributed by atoms with Gasteiger partial charge >= 0.3 is 0 Å². The summed E-state index contributed by atoms with van der Waals surface area (Å²) in [6.45, 7) is 2.76. The molecule has 4 rings (SSSR count). The Balaban J connectivity index is 1.57. The van der Waals surface area contributed by atoms with Crippen LogP contribution in [0.2, 0.25) is 0 Å². The highest BCUT2D eigenvalue weighted by molar-refractivity contribution is 9.10. The first-order valence-electron chi connectivity index (χ1n) is 9.22. The lowest BCUT2D eigenvalue weighted by atomic mass is 10.2. The van der Waals surface area contributed by atoms with Crippen LogP contribution in [0.25, 0.3) is 0 Å². The molecule has 0 unspecified atom stereocenters. The zero-order valence-corrected chi connectivity index (χ0v) is 17.2. The van der Waals surface area contributed by atoms with Gasteiger partial charge in [-0.15, -0.1) is 0 Å². The summed E-state index contributed by atoms with van der Waals surface area (Å²) in [6, 6.07) is 17.6. The molecular formula is C20H20BrN7O. The molecule has 148 valence electrons. The maximum atomic E-state index is 5.43. The summed E-state index contributed by atoms with van der Waals surface area (Å²) in [5.74, 6) is 1.40. The number of nitrogens with one attached hydrogen (secondary N) is 2. The van der Waals surface area contributed by atoms with E-state index in [1.54, 1.807) is 6.21 Å². The minimum atomic E-state index is 0.364. The summed E-state index contributed by atoms with van der Waals surface area (Å²) < 4.78 is 6.39. The maximum Gasteiger partial charge on any atom is 0.250 e. The molecule has 9 heteroatoms. The van der Waals surface area contributed by atoms with Gasteiger partial charge in [0.2, 0.25) is 17.8 Å². The number of anilines is 4. The van der Waals surface area contributed by atoms with Crippen LogP contribution in [0.5, 0.6) is 0 Å². The van der Waals surface area contributed by atoms with E-state index < -0.39 is 0 Å². The molecule has 1 aliphatic heterocycles. The topological polar surface area (TPSA) is 87.6 Å². The molecule has 0 radical (unpaired) electrons. The van der Waals surface area contributed by atoms with Gasteiger partial charge in [0.05, 0.1) is 19.4 Å².